The standard InChI is InChI=1S/C5H5N.2O.U/c1-2-4-6-5-3-1;;;/h1-5H;;;. The molecule has 1 aromatic heterocycles. The molecule has 0 aliphatic carbocycles. The van der Waals surface area contributed by atoms with Crippen LogP contribution in [0.15, 0.2) is 30.6 Å². The molecule has 0 unspecified atom stereocenters. The second-order valence-electron chi connectivity index (χ2n) is 1.11. The third-order valence-electron chi connectivity index (χ3n) is 0.566. The van der Waals surface area contributed by atoms with E-state index in [-0.39, 0.29) is 0 Å². The van der Waals surface area contributed by atoms with Crippen LogP contribution < -0.4 is 0 Å². The molecule has 0 amide bonds. The molecule has 0 radical (unpaired) electrons. The molecule has 46 valence electrons. The zero-order chi connectivity index (χ0) is 6.95. The van der Waals surface area contributed by atoms with E-state index in [0.717, 1.165) is 0 Å². The molecule has 1 heterocycles. The van der Waals surface area contributed by atoms with Gasteiger partial charge < -0.3 is 0 Å². The van der Waals surface area contributed by atoms with Crippen LogP contribution in [0.1, 0.15) is 0 Å². The van der Waals surface area contributed by atoms with Crippen LogP contribution in [-0.2, 0) is 4.47 Å². The van der Waals surface area contributed by atoms with Crippen LogP contribution >= 0.6 is 0 Å². The van der Waals surface area contributed by atoms with Crippen LogP contribution in [0.5, 0.6) is 0 Å². The number of aromatic nitrogens is 1. The minimum absolute atomic E-state index is 1.75. The van der Waals surface area contributed by atoms with Gasteiger partial charge in [-0.25, -0.2) is 0 Å². The first-order chi connectivity index (χ1) is 4.41. The summed E-state index contributed by atoms with van der Waals surface area (Å²) < 4.78 is 17.2. The van der Waals surface area contributed by atoms with Gasteiger partial charge >= 0.3 is 32.3 Å². The number of nitrogens with zero attached hydrogens (tertiary/aromatic N) is 1. The first-order valence-corrected chi connectivity index (χ1v) is 5.66. The summed E-state index contributed by atoms with van der Waals surface area (Å²) >= 11 is -2.51. The molecule has 1 aromatic rings. The maximum absolute atomic E-state index is 8.58. The van der Waals surface area contributed by atoms with E-state index in [9.17, 15) is 0 Å². The molecule has 9 heavy (non-hydrogen) atoms. The first-order valence-electron chi connectivity index (χ1n) is 2.26. The third-order valence-corrected chi connectivity index (χ3v) is 0.566. The van der Waals surface area contributed by atoms with Gasteiger partial charge in [-0.3, -0.25) is 4.98 Å². The Morgan fingerprint density at radius 1 is 1.00 bits per heavy atom. The van der Waals surface area contributed by atoms with Crippen LogP contribution in [0.3, 0.4) is 0 Å². The van der Waals surface area contributed by atoms with Gasteiger partial charge in [0.2, 0.25) is 0 Å². The predicted octanol–water partition coefficient (Wildman–Crippen LogP) is 0.844. The van der Waals surface area contributed by atoms with Crippen molar-refractivity contribution in [3.63, 3.8) is 0 Å². The number of rotatable bonds is 0. The summed E-state index contributed by atoms with van der Waals surface area (Å²) in [5.41, 5.74) is 0. The summed E-state index contributed by atoms with van der Waals surface area (Å²) in [7, 11) is 0. The molecular weight excluding hydrogens is 344 g/mol. The molecule has 1 rings (SSSR count). The van der Waals surface area contributed by atoms with Crippen molar-refractivity contribution >= 4 is 0 Å². The van der Waals surface area contributed by atoms with Crippen LogP contribution in [0.4, 0.5) is 0 Å². The Kier molecular flexibility index (Phi) is 7.63. The molecule has 3 nitrogen and oxygen atoms in total. The molecule has 0 atom stereocenters. The Labute approximate surface area is 67.7 Å². The van der Waals surface area contributed by atoms with Gasteiger partial charge in [0.05, 0.1) is 0 Å². The Hall–Kier alpha value is -0.198. The van der Waals surface area contributed by atoms with Gasteiger partial charge in [-0.15, -0.1) is 0 Å². The maximum atomic E-state index is 8.58. The normalized spacial score (nSPS) is 6.22. The van der Waals surface area contributed by atoms with Gasteiger partial charge in [-0.05, 0) is 12.1 Å². The van der Waals surface area contributed by atoms with Crippen molar-refractivity contribution in [2.45, 2.75) is 0 Å². The van der Waals surface area contributed by atoms with E-state index in [1.807, 2.05) is 18.2 Å². The van der Waals surface area contributed by atoms with Crippen LogP contribution in [0, 0.1) is 27.8 Å². The van der Waals surface area contributed by atoms with Gasteiger partial charge in [0, 0.05) is 12.4 Å². The van der Waals surface area contributed by atoms with E-state index >= 15 is 0 Å². The van der Waals surface area contributed by atoms with Crippen molar-refractivity contribution in [1.29, 1.82) is 0 Å². The topological polar surface area (TPSA) is 47.0 Å². The molecule has 0 aliphatic rings. The fourth-order valence-corrected chi connectivity index (χ4v) is 0.313. The molecule has 0 aromatic carbocycles. The monoisotopic (exact) mass is 349 g/mol. The van der Waals surface area contributed by atoms with Crippen LogP contribution in [0.25, 0.3) is 0 Å². The van der Waals surface area contributed by atoms with E-state index in [0.29, 0.717) is 0 Å². The van der Waals surface area contributed by atoms with E-state index in [1.54, 1.807) is 12.4 Å². The van der Waals surface area contributed by atoms with Crippen LogP contribution in [-0.4, -0.2) is 4.98 Å². The van der Waals surface area contributed by atoms with E-state index in [2.05, 4.69) is 4.98 Å². The Bertz CT molecular complexity index is 145. The quantitative estimate of drug-likeness (QED) is 0.698. The third kappa shape index (κ3) is 7.80. The second-order valence-corrected chi connectivity index (χ2v) is 1.80. The van der Waals surface area contributed by atoms with Crippen molar-refractivity contribution in [2.75, 3.05) is 0 Å². The van der Waals surface area contributed by atoms with Gasteiger partial charge in [0.15, 0.2) is 0 Å². The minimum atomic E-state index is -2.51. The molecule has 0 fully saturated rings. The van der Waals surface area contributed by atoms with Crippen molar-refractivity contribution in [3.05, 3.63) is 30.6 Å². The molecule has 0 spiro atoms. The fraction of sp³-hybridized carbons (Fsp3) is 0. The summed E-state index contributed by atoms with van der Waals surface area (Å²) in [6.07, 6.45) is 3.50. The Morgan fingerprint density at radius 2 is 1.44 bits per heavy atom. The second kappa shape index (κ2) is 7.80. The summed E-state index contributed by atoms with van der Waals surface area (Å²) in [6, 6.07) is 5.72. The van der Waals surface area contributed by atoms with Crippen molar-refractivity contribution < 1.29 is 32.3 Å². The number of pyridine rings is 1. The van der Waals surface area contributed by atoms with E-state index < -0.39 is 27.8 Å². The predicted molar refractivity (Wildman–Crippen MR) is 25.6 cm³/mol. The van der Waals surface area contributed by atoms with E-state index in [1.165, 1.54) is 0 Å². The van der Waals surface area contributed by atoms with Gasteiger partial charge in [-0.1, -0.05) is 6.07 Å². The largest absolute Gasteiger partial charge is 0.265 e. The smallest absolute Gasteiger partial charge is 0.0267 e. The SMILES string of the molecule is [O]=[U]=[O].c1ccncc1. The molecule has 0 saturated heterocycles. The van der Waals surface area contributed by atoms with E-state index in [4.69, 9.17) is 4.47 Å². The van der Waals surface area contributed by atoms with Gasteiger partial charge in [0.25, 0.3) is 0 Å². The molecule has 4 heteroatoms. The average molecular weight is 349 g/mol. The van der Waals surface area contributed by atoms with Crippen molar-refractivity contribution in [2.24, 2.45) is 0 Å². The summed E-state index contributed by atoms with van der Waals surface area (Å²) in [5.74, 6) is 0. The fourth-order valence-electron chi connectivity index (χ4n) is 0.313. The zero-order valence-corrected chi connectivity index (χ0v) is 8.81. The maximum Gasteiger partial charge on any atom is 0.0267 e. The first kappa shape index (κ1) is 8.80. The van der Waals surface area contributed by atoms with Gasteiger partial charge in [0.1, 0.15) is 0 Å². The average Bonchev–Trinajstić information content (AvgIpc) is 1.93. The Morgan fingerprint density at radius 3 is 1.56 bits per heavy atom. The number of hydrogen-bond acceptors (Lipinski definition) is 3. The summed E-state index contributed by atoms with van der Waals surface area (Å²) in [4.78, 5) is 3.78. The summed E-state index contributed by atoms with van der Waals surface area (Å²) in [5, 5.41) is 0. The van der Waals surface area contributed by atoms with Gasteiger partial charge in [-0.2, -0.15) is 0 Å². The zero-order valence-electron chi connectivity index (χ0n) is 4.65. The number of hydrogen-bond donors (Lipinski definition) is 0. The summed E-state index contributed by atoms with van der Waals surface area (Å²) in [6.45, 7) is 0. The molecule has 0 N–H and O–H groups in total. The van der Waals surface area contributed by atoms with Crippen molar-refractivity contribution in [1.82, 2.24) is 4.98 Å². The molecule has 0 saturated carbocycles. The Balaban J connectivity index is 0.000000187. The minimum Gasteiger partial charge on any atom is -0.265 e. The molecule has 0 aliphatic heterocycles. The van der Waals surface area contributed by atoms with Crippen molar-refractivity contribution in [3.8, 4) is 0 Å². The van der Waals surface area contributed by atoms with Crippen LogP contribution in [0.2, 0.25) is 0 Å². The molecular formula is C5H5NO2U. The molecule has 0 bridgehead atoms.